The predicted molar refractivity (Wildman–Crippen MR) is 107 cm³/mol. The highest BCUT2D eigenvalue weighted by Crippen LogP contribution is 2.34. The van der Waals surface area contributed by atoms with E-state index in [4.69, 9.17) is 5.73 Å². The van der Waals surface area contributed by atoms with Gasteiger partial charge in [0.25, 0.3) is 0 Å². The van der Waals surface area contributed by atoms with Crippen molar-refractivity contribution in [3.8, 4) is 0 Å². The summed E-state index contributed by atoms with van der Waals surface area (Å²) < 4.78 is 39.2. The number of likely N-dealkylation sites (N-methyl/N-ethyl adjacent to an activating group) is 1. The standard InChI is InChI=1S/C19H21F3N4O3S/c1-2-26(17(28)10-14(25-18(23)29)15-8-5-9-30-15)11-16(27)24-13-7-4-3-6-12(13)19(20,21)22/h3-9,14H,2,10-11H2,1H3,(H,24,27)(H3,23,25,29). The fourth-order valence-corrected chi connectivity index (χ4v) is 3.54. The minimum atomic E-state index is -4.63. The van der Waals surface area contributed by atoms with Crippen LogP contribution in [-0.4, -0.2) is 35.8 Å². The Bertz CT molecular complexity index is 887. The molecule has 1 atom stereocenters. The van der Waals surface area contributed by atoms with Crippen molar-refractivity contribution in [2.24, 2.45) is 5.73 Å². The number of benzene rings is 1. The van der Waals surface area contributed by atoms with Gasteiger partial charge in [0.1, 0.15) is 0 Å². The van der Waals surface area contributed by atoms with Crippen molar-refractivity contribution in [1.29, 1.82) is 0 Å². The molecule has 2 aromatic rings. The first-order valence-electron chi connectivity index (χ1n) is 8.95. The molecule has 1 aromatic carbocycles. The van der Waals surface area contributed by atoms with Crippen molar-refractivity contribution < 1.29 is 27.6 Å². The van der Waals surface area contributed by atoms with E-state index in [2.05, 4.69) is 10.6 Å². The fraction of sp³-hybridized carbons (Fsp3) is 0.316. The molecule has 2 rings (SSSR count). The van der Waals surface area contributed by atoms with Gasteiger partial charge in [-0.05, 0) is 30.5 Å². The van der Waals surface area contributed by atoms with E-state index >= 15 is 0 Å². The van der Waals surface area contributed by atoms with Crippen LogP contribution in [0.15, 0.2) is 41.8 Å². The van der Waals surface area contributed by atoms with Crippen LogP contribution in [0.5, 0.6) is 0 Å². The second kappa shape index (κ2) is 10.1. The summed E-state index contributed by atoms with van der Waals surface area (Å²) in [5.74, 6) is -1.22. The number of urea groups is 1. The number of hydrogen-bond acceptors (Lipinski definition) is 4. The van der Waals surface area contributed by atoms with Gasteiger partial charge in [0.05, 0.1) is 30.3 Å². The highest BCUT2D eigenvalue weighted by atomic mass is 32.1. The number of rotatable bonds is 8. The number of carbonyl (C=O) groups is 3. The Morgan fingerprint density at radius 3 is 2.43 bits per heavy atom. The van der Waals surface area contributed by atoms with Gasteiger partial charge in [-0.15, -0.1) is 11.3 Å². The number of nitrogens with one attached hydrogen (secondary N) is 2. The summed E-state index contributed by atoms with van der Waals surface area (Å²) in [4.78, 5) is 38.1. The zero-order valence-corrected chi connectivity index (χ0v) is 16.8. The SMILES string of the molecule is CCN(CC(=O)Nc1ccccc1C(F)(F)F)C(=O)CC(NC(N)=O)c1cccs1. The molecule has 4 amide bonds. The molecular formula is C19H21F3N4O3S. The summed E-state index contributed by atoms with van der Waals surface area (Å²) in [6.45, 7) is 1.35. The molecule has 0 radical (unpaired) electrons. The summed E-state index contributed by atoms with van der Waals surface area (Å²) in [6, 6.07) is 6.61. The van der Waals surface area contributed by atoms with Crippen LogP contribution < -0.4 is 16.4 Å². The van der Waals surface area contributed by atoms with Gasteiger partial charge in [-0.1, -0.05) is 18.2 Å². The number of alkyl halides is 3. The number of anilines is 1. The molecule has 0 saturated carbocycles. The first-order chi connectivity index (χ1) is 14.1. The van der Waals surface area contributed by atoms with Crippen LogP contribution >= 0.6 is 11.3 Å². The van der Waals surface area contributed by atoms with Crippen molar-refractivity contribution >= 4 is 34.9 Å². The number of nitrogens with zero attached hydrogens (tertiary/aromatic N) is 1. The van der Waals surface area contributed by atoms with Crippen LogP contribution in [0.1, 0.15) is 29.8 Å². The van der Waals surface area contributed by atoms with E-state index in [0.29, 0.717) is 4.88 Å². The highest BCUT2D eigenvalue weighted by Gasteiger charge is 2.33. The van der Waals surface area contributed by atoms with Gasteiger partial charge in [0, 0.05) is 11.4 Å². The number of primary amides is 1. The number of nitrogens with two attached hydrogens (primary N) is 1. The van der Waals surface area contributed by atoms with E-state index in [1.807, 2.05) is 0 Å². The van der Waals surface area contributed by atoms with Crippen LogP contribution in [0.3, 0.4) is 0 Å². The van der Waals surface area contributed by atoms with Gasteiger partial charge in [-0.25, -0.2) is 4.79 Å². The molecule has 7 nitrogen and oxygen atoms in total. The second-order valence-corrected chi connectivity index (χ2v) is 7.26. The molecule has 1 heterocycles. The van der Waals surface area contributed by atoms with Crippen LogP contribution in [-0.2, 0) is 15.8 Å². The van der Waals surface area contributed by atoms with Crippen LogP contribution in [0.25, 0.3) is 0 Å². The zero-order chi connectivity index (χ0) is 22.3. The topological polar surface area (TPSA) is 105 Å². The fourth-order valence-electron chi connectivity index (χ4n) is 2.77. The Hall–Kier alpha value is -3.08. The molecule has 0 spiro atoms. The van der Waals surface area contributed by atoms with Gasteiger partial charge >= 0.3 is 12.2 Å². The van der Waals surface area contributed by atoms with Crippen molar-refractivity contribution in [1.82, 2.24) is 10.2 Å². The van der Waals surface area contributed by atoms with E-state index in [0.717, 1.165) is 12.1 Å². The summed E-state index contributed by atoms with van der Waals surface area (Å²) in [5.41, 5.74) is 3.81. The average Bonchev–Trinajstić information content (AvgIpc) is 3.19. The Morgan fingerprint density at radius 1 is 1.17 bits per heavy atom. The van der Waals surface area contributed by atoms with Crippen LogP contribution in [0.4, 0.5) is 23.7 Å². The lowest BCUT2D eigenvalue weighted by Gasteiger charge is -2.24. The Morgan fingerprint density at radius 2 is 1.87 bits per heavy atom. The molecule has 0 aliphatic carbocycles. The smallest absolute Gasteiger partial charge is 0.352 e. The summed E-state index contributed by atoms with van der Waals surface area (Å²) in [5, 5.41) is 6.47. The molecule has 1 aromatic heterocycles. The van der Waals surface area contributed by atoms with Gasteiger partial charge in [-0.2, -0.15) is 13.2 Å². The first-order valence-corrected chi connectivity index (χ1v) is 9.83. The van der Waals surface area contributed by atoms with E-state index in [1.165, 1.54) is 28.4 Å². The van der Waals surface area contributed by atoms with Crippen LogP contribution in [0.2, 0.25) is 0 Å². The van der Waals surface area contributed by atoms with Crippen LogP contribution in [0, 0.1) is 0 Å². The second-order valence-electron chi connectivity index (χ2n) is 6.28. The van der Waals surface area contributed by atoms with Crippen molar-refractivity contribution in [2.45, 2.75) is 25.6 Å². The third-order valence-electron chi connectivity index (χ3n) is 4.16. The van der Waals surface area contributed by atoms with Gasteiger partial charge in [0.2, 0.25) is 11.8 Å². The maximum atomic E-state index is 13.1. The third kappa shape index (κ3) is 6.48. The van der Waals surface area contributed by atoms with E-state index in [9.17, 15) is 27.6 Å². The van der Waals surface area contributed by atoms with Crippen molar-refractivity contribution in [3.63, 3.8) is 0 Å². The lowest BCUT2D eigenvalue weighted by molar-refractivity contribution is -0.137. The molecule has 11 heteroatoms. The molecular weight excluding hydrogens is 421 g/mol. The molecule has 0 aliphatic rings. The molecule has 1 unspecified atom stereocenters. The van der Waals surface area contributed by atoms with Gasteiger partial charge in [0.15, 0.2) is 0 Å². The first kappa shape index (κ1) is 23.2. The maximum Gasteiger partial charge on any atom is 0.418 e. The lowest BCUT2D eigenvalue weighted by Crippen LogP contribution is -2.41. The minimum absolute atomic E-state index is 0.149. The Labute approximate surface area is 175 Å². The Kier molecular flexibility index (Phi) is 7.81. The summed E-state index contributed by atoms with van der Waals surface area (Å²) in [7, 11) is 0. The maximum absolute atomic E-state index is 13.1. The zero-order valence-electron chi connectivity index (χ0n) is 16.0. The number of halogens is 3. The number of para-hydroxylation sites is 1. The van der Waals surface area contributed by atoms with E-state index < -0.39 is 42.2 Å². The van der Waals surface area contributed by atoms with Gasteiger partial charge in [-0.3, -0.25) is 9.59 Å². The molecule has 0 saturated heterocycles. The third-order valence-corrected chi connectivity index (χ3v) is 5.14. The quantitative estimate of drug-likeness (QED) is 0.584. The Balaban J connectivity index is 2.06. The summed E-state index contributed by atoms with van der Waals surface area (Å²) in [6.07, 6.45) is -4.78. The molecule has 162 valence electrons. The van der Waals surface area contributed by atoms with Crippen molar-refractivity contribution in [3.05, 3.63) is 52.2 Å². The van der Waals surface area contributed by atoms with Gasteiger partial charge < -0.3 is 21.3 Å². The number of thiophene rings is 1. The average molecular weight is 442 g/mol. The predicted octanol–water partition coefficient (Wildman–Crippen LogP) is 3.35. The summed E-state index contributed by atoms with van der Waals surface area (Å²) >= 11 is 1.33. The molecule has 0 bridgehead atoms. The number of carbonyl (C=O) groups excluding carboxylic acids is 3. The van der Waals surface area contributed by atoms with E-state index in [1.54, 1.807) is 24.4 Å². The highest BCUT2D eigenvalue weighted by molar-refractivity contribution is 7.10. The largest absolute Gasteiger partial charge is 0.418 e. The van der Waals surface area contributed by atoms with E-state index in [-0.39, 0.29) is 18.7 Å². The molecule has 30 heavy (non-hydrogen) atoms. The lowest BCUT2D eigenvalue weighted by atomic mass is 10.1. The molecule has 0 fully saturated rings. The van der Waals surface area contributed by atoms with Crippen molar-refractivity contribution in [2.75, 3.05) is 18.4 Å². The number of amides is 4. The monoisotopic (exact) mass is 442 g/mol. The molecule has 4 N–H and O–H groups in total. The molecule has 0 aliphatic heterocycles. The minimum Gasteiger partial charge on any atom is -0.352 e. The normalized spacial score (nSPS) is 12.1. The number of hydrogen-bond donors (Lipinski definition) is 3.